The van der Waals surface area contributed by atoms with Crippen LogP contribution in [0.3, 0.4) is 0 Å². The van der Waals surface area contributed by atoms with Crippen LogP contribution in [0.15, 0.2) is 24.3 Å². The Hall–Kier alpha value is -1.02. The molecule has 0 aromatic heterocycles. The fourth-order valence-electron chi connectivity index (χ4n) is 3.85. The van der Waals surface area contributed by atoms with E-state index >= 15 is 0 Å². The third-order valence-electron chi connectivity index (χ3n) is 4.80. The second-order valence-electron chi connectivity index (χ2n) is 6.13. The van der Waals surface area contributed by atoms with E-state index in [4.69, 9.17) is 4.74 Å². The molecule has 0 aliphatic heterocycles. The zero-order valence-electron chi connectivity index (χ0n) is 13.2. The monoisotopic (exact) mass is 275 g/mol. The molecule has 0 saturated heterocycles. The van der Waals surface area contributed by atoms with Gasteiger partial charge in [0.1, 0.15) is 5.75 Å². The molecule has 0 spiro atoms. The Kier molecular flexibility index (Phi) is 5.90. The quantitative estimate of drug-likeness (QED) is 0.839. The van der Waals surface area contributed by atoms with Crippen LogP contribution in [0.4, 0.5) is 0 Å². The summed E-state index contributed by atoms with van der Waals surface area (Å²) in [5.74, 6) is 3.34. The van der Waals surface area contributed by atoms with E-state index in [0.29, 0.717) is 5.92 Å². The van der Waals surface area contributed by atoms with Crippen molar-refractivity contribution in [2.45, 2.75) is 44.9 Å². The Morgan fingerprint density at radius 2 is 2.05 bits per heavy atom. The van der Waals surface area contributed by atoms with Crippen molar-refractivity contribution in [3.8, 4) is 5.75 Å². The van der Waals surface area contributed by atoms with E-state index in [1.54, 1.807) is 7.11 Å². The van der Waals surface area contributed by atoms with Crippen molar-refractivity contribution in [2.24, 2.45) is 11.8 Å². The van der Waals surface area contributed by atoms with Crippen LogP contribution >= 0.6 is 0 Å². The molecule has 1 saturated carbocycles. The normalized spacial score (nSPS) is 26.4. The largest absolute Gasteiger partial charge is 0.496 e. The van der Waals surface area contributed by atoms with E-state index in [9.17, 15) is 0 Å². The molecule has 1 aliphatic rings. The molecule has 2 heteroatoms. The van der Waals surface area contributed by atoms with Crippen LogP contribution < -0.4 is 10.1 Å². The van der Waals surface area contributed by atoms with Crippen LogP contribution in [0.2, 0.25) is 0 Å². The summed E-state index contributed by atoms with van der Waals surface area (Å²) in [6, 6.07) is 8.59. The van der Waals surface area contributed by atoms with Gasteiger partial charge in [0.2, 0.25) is 0 Å². The number of hydrogen-bond donors (Lipinski definition) is 1. The molecule has 1 aliphatic carbocycles. The summed E-state index contributed by atoms with van der Waals surface area (Å²) < 4.78 is 5.60. The molecule has 1 N–H and O–H groups in total. The van der Waals surface area contributed by atoms with Gasteiger partial charge >= 0.3 is 0 Å². The van der Waals surface area contributed by atoms with Gasteiger partial charge in [-0.15, -0.1) is 0 Å². The van der Waals surface area contributed by atoms with Crippen LogP contribution in [0.1, 0.15) is 50.5 Å². The summed E-state index contributed by atoms with van der Waals surface area (Å²) in [6.07, 6.45) is 6.73. The lowest BCUT2D eigenvalue weighted by Gasteiger charge is -2.37. The van der Waals surface area contributed by atoms with Crippen LogP contribution in [-0.4, -0.2) is 20.7 Å². The molecule has 0 heterocycles. The number of hydrogen-bond acceptors (Lipinski definition) is 2. The number of methoxy groups -OCH3 is 1. The van der Waals surface area contributed by atoms with Gasteiger partial charge in [0.05, 0.1) is 7.11 Å². The number of para-hydroxylation sites is 1. The van der Waals surface area contributed by atoms with Crippen molar-refractivity contribution >= 4 is 0 Å². The highest BCUT2D eigenvalue weighted by Crippen LogP contribution is 2.44. The standard InChI is InChI=1S/C18H29NO/c1-4-7-14-10-11-15(13-19-2)17(12-14)16-8-5-6-9-18(16)20-3/h5-6,8-9,14-15,17,19H,4,7,10-13H2,1-3H3. The summed E-state index contributed by atoms with van der Waals surface area (Å²) in [4.78, 5) is 0. The smallest absolute Gasteiger partial charge is 0.122 e. The van der Waals surface area contributed by atoms with E-state index in [0.717, 1.165) is 24.1 Å². The summed E-state index contributed by atoms with van der Waals surface area (Å²) in [5, 5.41) is 3.38. The summed E-state index contributed by atoms with van der Waals surface area (Å²) >= 11 is 0. The van der Waals surface area contributed by atoms with Crippen molar-refractivity contribution in [2.75, 3.05) is 20.7 Å². The Morgan fingerprint density at radius 3 is 2.75 bits per heavy atom. The number of benzene rings is 1. The van der Waals surface area contributed by atoms with Gasteiger partial charge in [0.25, 0.3) is 0 Å². The first kappa shape index (κ1) is 15.4. The SMILES string of the molecule is CCCC1CCC(CNC)C(c2ccccc2OC)C1. The van der Waals surface area contributed by atoms with Crippen molar-refractivity contribution < 1.29 is 4.74 Å². The van der Waals surface area contributed by atoms with E-state index in [1.807, 2.05) is 0 Å². The molecular weight excluding hydrogens is 246 g/mol. The maximum Gasteiger partial charge on any atom is 0.122 e. The minimum atomic E-state index is 0.642. The van der Waals surface area contributed by atoms with Crippen LogP contribution in [0.5, 0.6) is 5.75 Å². The molecule has 1 aromatic carbocycles. The minimum Gasteiger partial charge on any atom is -0.496 e. The van der Waals surface area contributed by atoms with Gasteiger partial charge in [-0.3, -0.25) is 0 Å². The van der Waals surface area contributed by atoms with Crippen molar-refractivity contribution in [3.05, 3.63) is 29.8 Å². The number of rotatable bonds is 6. The van der Waals surface area contributed by atoms with Gasteiger partial charge in [-0.1, -0.05) is 44.4 Å². The lowest BCUT2D eigenvalue weighted by atomic mass is 9.70. The highest BCUT2D eigenvalue weighted by Gasteiger charge is 2.32. The lowest BCUT2D eigenvalue weighted by Crippen LogP contribution is -2.30. The van der Waals surface area contributed by atoms with E-state index in [2.05, 4.69) is 43.6 Å². The molecule has 112 valence electrons. The maximum atomic E-state index is 5.60. The topological polar surface area (TPSA) is 21.3 Å². The molecule has 2 nitrogen and oxygen atoms in total. The molecule has 3 atom stereocenters. The van der Waals surface area contributed by atoms with E-state index in [-0.39, 0.29) is 0 Å². The van der Waals surface area contributed by atoms with E-state index < -0.39 is 0 Å². The molecule has 20 heavy (non-hydrogen) atoms. The molecule has 2 rings (SSSR count). The fourth-order valence-corrected chi connectivity index (χ4v) is 3.85. The Bertz CT molecular complexity index is 404. The van der Waals surface area contributed by atoms with Gasteiger partial charge in [0, 0.05) is 0 Å². The van der Waals surface area contributed by atoms with Gasteiger partial charge in [-0.2, -0.15) is 0 Å². The summed E-state index contributed by atoms with van der Waals surface area (Å²) in [7, 11) is 3.86. The third kappa shape index (κ3) is 3.54. The van der Waals surface area contributed by atoms with Gasteiger partial charge < -0.3 is 10.1 Å². The zero-order valence-corrected chi connectivity index (χ0v) is 13.2. The van der Waals surface area contributed by atoms with Gasteiger partial charge in [0.15, 0.2) is 0 Å². The van der Waals surface area contributed by atoms with Crippen LogP contribution in [-0.2, 0) is 0 Å². The minimum absolute atomic E-state index is 0.642. The predicted octanol–water partition coefficient (Wildman–Crippen LogP) is 4.21. The van der Waals surface area contributed by atoms with Gasteiger partial charge in [-0.25, -0.2) is 0 Å². The van der Waals surface area contributed by atoms with Crippen molar-refractivity contribution in [3.63, 3.8) is 0 Å². The molecule has 1 aromatic rings. The fraction of sp³-hybridized carbons (Fsp3) is 0.667. The van der Waals surface area contributed by atoms with Gasteiger partial charge in [-0.05, 0) is 55.8 Å². The van der Waals surface area contributed by atoms with Crippen molar-refractivity contribution in [1.29, 1.82) is 0 Å². The summed E-state index contributed by atoms with van der Waals surface area (Å²) in [5.41, 5.74) is 1.41. The molecule has 3 unspecified atom stereocenters. The Morgan fingerprint density at radius 1 is 1.25 bits per heavy atom. The highest BCUT2D eigenvalue weighted by atomic mass is 16.5. The molecular formula is C18H29NO. The maximum absolute atomic E-state index is 5.60. The Balaban J connectivity index is 2.21. The predicted molar refractivity (Wildman–Crippen MR) is 85.4 cm³/mol. The number of ether oxygens (including phenoxy) is 1. The average molecular weight is 275 g/mol. The first-order chi connectivity index (χ1) is 9.80. The van der Waals surface area contributed by atoms with Crippen LogP contribution in [0.25, 0.3) is 0 Å². The van der Waals surface area contributed by atoms with Crippen LogP contribution in [0, 0.1) is 11.8 Å². The second kappa shape index (κ2) is 7.68. The average Bonchev–Trinajstić information content (AvgIpc) is 2.49. The summed E-state index contributed by atoms with van der Waals surface area (Å²) in [6.45, 7) is 3.42. The first-order valence-corrected chi connectivity index (χ1v) is 8.07. The third-order valence-corrected chi connectivity index (χ3v) is 4.80. The van der Waals surface area contributed by atoms with Crippen molar-refractivity contribution in [1.82, 2.24) is 5.32 Å². The Labute approximate surface area is 123 Å². The second-order valence-corrected chi connectivity index (χ2v) is 6.13. The first-order valence-electron chi connectivity index (χ1n) is 8.07. The molecule has 0 amide bonds. The molecule has 1 fully saturated rings. The molecule has 0 bridgehead atoms. The number of nitrogens with one attached hydrogen (secondary N) is 1. The lowest BCUT2D eigenvalue weighted by molar-refractivity contribution is 0.219. The molecule has 0 radical (unpaired) electrons. The van der Waals surface area contributed by atoms with E-state index in [1.165, 1.54) is 37.7 Å². The highest BCUT2D eigenvalue weighted by molar-refractivity contribution is 5.37. The zero-order chi connectivity index (χ0) is 14.4.